The third-order valence-corrected chi connectivity index (χ3v) is 4.72. The Bertz CT molecular complexity index is 615. The van der Waals surface area contributed by atoms with Gasteiger partial charge in [0.2, 0.25) is 0 Å². The maximum absolute atomic E-state index is 12.8. The van der Waals surface area contributed by atoms with Gasteiger partial charge in [0.15, 0.2) is 0 Å². The third-order valence-electron chi connectivity index (χ3n) is 4.72. The number of hydrogen-bond donors (Lipinski definition) is 1. The Morgan fingerprint density at radius 3 is 2.77 bits per heavy atom. The number of nitrogens with zero attached hydrogens (tertiary/aromatic N) is 2. The summed E-state index contributed by atoms with van der Waals surface area (Å²) in [4.78, 5) is 27.4. The summed E-state index contributed by atoms with van der Waals surface area (Å²) in [5.74, 6) is -0.0913. The molecular formula is C17H25N3O2. The normalized spacial score (nSPS) is 17.6. The van der Waals surface area contributed by atoms with Gasteiger partial charge >= 0.3 is 0 Å². The van der Waals surface area contributed by atoms with E-state index in [9.17, 15) is 9.59 Å². The summed E-state index contributed by atoms with van der Waals surface area (Å²) < 4.78 is 1.88. The van der Waals surface area contributed by atoms with Crippen molar-refractivity contribution in [2.45, 2.75) is 45.6 Å². The van der Waals surface area contributed by atoms with Crippen molar-refractivity contribution in [2.75, 3.05) is 26.2 Å². The number of aryl methyl sites for hydroxylation is 1. The van der Waals surface area contributed by atoms with Crippen LogP contribution in [0.15, 0.2) is 10.9 Å². The molecule has 5 nitrogen and oxygen atoms in total. The van der Waals surface area contributed by atoms with Crippen LogP contribution in [0, 0.1) is 0 Å². The lowest BCUT2D eigenvalue weighted by atomic mass is 10.1. The molecule has 1 aliphatic carbocycles. The van der Waals surface area contributed by atoms with Crippen molar-refractivity contribution in [3.05, 3.63) is 33.2 Å². The van der Waals surface area contributed by atoms with Crippen LogP contribution in [0.3, 0.4) is 0 Å². The number of rotatable bonds is 4. The fraction of sp³-hybridized carbons (Fsp3) is 0.647. The first-order valence-corrected chi connectivity index (χ1v) is 8.48. The molecule has 0 aromatic carbocycles. The highest BCUT2D eigenvalue weighted by Gasteiger charge is 2.25. The second kappa shape index (κ2) is 6.65. The number of nitrogens with one attached hydrogen (secondary N) is 1. The molecule has 1 saturated heterocycles. The Balaban J connectivity index is 1.97. The summed E-state index contributed by atoms with van der Waals surface area (Å²) in [6.07, 6.45) is 5.08. The molecule has 2 heterocycles. The predicted molar refractivity (Wildman–Crippen MR) is 86.4 cm³/mol. The predicted octanol–water partition coefficient (Wildman–Crippen LogP) is 1.18. The van der Waals surface area contributed by atoms with Gasteiger partial charge in [-0.15, -0.1) is 0 Å². The summed E-state index contributed by atoms with van der Waals surface area (Å²) >= 11 is 0. The fourth-order valence-electron chi connectivity index (χ4n) is 3.46. The summed E-state index contributed by atoms with van der Waals surface area (Å²) in [6.45, 7) is 5.84. The Kier molecular flexibility index (Phi) is 4.62. The van der Waals surface area contributed by atoms with Gasteiger partial charge in [0, 0.05) is 38.4 Å². The number of aromatic nitrogens is 1. The smallest absolute Gasteiger partial charge is 0.263 e. The minimum atomic E-state index is -0.0913. The van der Waals surface area contributed by atoms with Crippen molar-refractivity contribution in [3.8, 4) is 0 Å². The molecule has 1 amide bonds. The van der Waals surface area contributed by atoms with Crippen LogP contribution in [0.4, 0.5) is 0 Å². The Morgan fingerprint density at radius 1 is 1.27 bits per heavy atom. The molecule has 1 aromatic heterocycles. The van der Waals surface area contributed by atoms with Crippen LogP contribution in [-0.4, -0.2) is 41.6 Å². The maximum Gasteiger partial charge on any atom is 0.263 e. The van der Waals surface area contributed by atoms with Crippen molar-refractivity contribution >= 4 is 5.91 Å². The lowest BCUT2D eigenvalue weighted by Crippen LogP contribution is -2.48. The molecule has 1 aromatic rings. The van der Waals surface area contributed by atoms with E-state index in [-0.39, 0.29) is 11.5 Å². The number of unbranched alkanes of at least 4 members (excludes halogenated alkanes) is 1. The molecule has 1 fully saturated rings. The van der Waals surface area contributed by atoms with Crippen molar-refractivity contribution in [1.82, 2.24) is 14.8 Å². The number of hydrogen-bond acceptors (Lipinski definition) is 3. The van der Waals surface area contributed by atoms with Crippen molar-refractivity contribution in [1.29, 1.82) is 0 Å². The highest BCUT2D eigenvalue weighted by Crippen LogP contribution is 2.22. The third kappa shape index (κ3) is 2.82. The fourth-order valence-corrected chi connectivity index (χ4v) is 3.46. The zero-order chi connectivity index (χ0) is 15.5. The number of piperazine rings is 1. The average molecular weight is 303 g/mol. The zero-order valence-corrected chi connectivity index (χ0v) is 13.4. The number of carbonyl (C=O) groups is 1. The standard InChI is InChI=1S/C17H25N3O2/c1-2-3-9-20-15-6-4-5-13(15)12-14(17(20)22)16(21)19-10-7-18-8-11-19/h12,18H,2-11H2,1H3. The molecule has 22 heavy (non-hydrogen) atoms. The quantitative estimate of drug-likeness (QED) is 0.909. The van der Waals surface area contributed by atoms with E-state index in [0.717, 1.165) is 57.4 Å². The monoisotopic (exact) mass is 303 g/mol. The SMILES string of the molecule is CCCCn1c2c(cc(C(=O)N3CCNCC3)c1=O)CCC2. The molecule has 1 aliphatic heterocycles. The molecule has 0 atom stereocenters. The van der Waals surface area contributed by atoms with Crippen molar-refractivity contribution in [3.63, 3.8) is 0 Å². The summed E-state index contributed by atoms with van der Waals surface area (Å²) in [5, 5.41) is 3.24. The van der Waals surface area contributed by atoms with E-state index in [1.165, 1.54) is 5.56 Å². The van der Waals surface area contributed by atoms with Crippen LogP contribution in [0.5, 0.6) is 0 Å². The molecule has 2 aliphatic rings. The van der Waals surface area contributed by atoms with Crippen LogP contribution in [0.1, 0.15) is 47.8 Å². The molecule has 0 unspecified atom stereocenters. The van der Waals surface area contributed by atoms with Gasteiger partial charge < -0.3 is 14.8 Å². The van der Waals surface area contributed by atoms with Gasteiger partial charge in [0.05, 0.1) is 0 Å². The molecular weight excluding hydrogens is 278 g/mol. The van der Waals surface area contributed by atoms with Crippen LogP contribution in [-0.2, 0) is 19.4 Å². The molecule has 5 heteroatoms. The zero-order valence-electron chi connectivity index (χ0n) is 13.4. The Morgan fingerprint density at radius 2 is 2.05 bits per heavy atom. The van der Waals surface area contributed by atoms with Gasteiger partial charge in [-0.05, 0) is 37.3 Å². The van der Waals surface area contributed by atoms with E-state index in [4.69, 9.17) is 0 Å². The van der Waals surface area contributed by atoms with Crippen molar-refractivity contribution in [2.24, 2.45) is 0 Å². The lowest BCUT2D eigenvalue weighted by molar-refractivity contribution is 0.0733. The van der Waals surface area contributed by atoms with Crippen LogP contribution < -0.4 is 10.9 Å². The van der Waals surface area contributed by atoms with Crippen LogP contribution in [0.2, 0.25) is 0 Å². The molecule has 0 saturated carbocycles. The van der Waals surface area contributed by atoms with E-state index in [1.54, 1.807) is 4.90 Å². The first-order valence-electron chi connectivity index (χ1n) is 8.48. The molecule has 1 N–H and O–H groups in total. The lowest BCUT2D eigenvalue weighted by Gasteiger charge is -2.27. The number of fused-ring (bicyclic) bond motifs is 1. The van der Waals surface area contributed by atoms with Crippen LogP contribution in [0.25, 0.3) is 0 Å². The topological polar surface area (TPSA) is 54.3 Å². The molecule has 0 bridgehead atoms. The first-order chi connectivity index (χ1) is 10.7. The van der Waals surface area contributed by atoms with Gasteiger partial charge in [0.1, 0.15) is 5.56 Å². The molecule has 3 rings (SSSR count). The minimum Gasteiger partial charge on any atom is -0.336 e. The first kappa shape index (κ1) is 15.3. The van der Waals surface area contributed by atoms with Gasteiger partial charge in [-0.25, -0.2) is 0 Å². The van der Waals surface area contributed by atoms with Gasteiger partial charge in [-0.2, -0.15) is 0 Å². The highest BCUT2D eigenvalue weighted by molar-refractivity contribution is 5.94. The van der Waals surface area contributed by atoms with E-state index in [2.05, 4.69) is 12.2 Å². The molecule has 0 spiro atoms. The van der Waals surface area contributed by atoms with E-state index < -0.39 is 0 Å². The second-order valence-electron chi connectivity index (χ2n) is 6.24. The largest absolute Gasteiger partial charge is 0.336 e. The van der Waals surface area contributed by atoms with Gasteiger partial charge in [-0.3, -0.25) is 9.59 Å². The summed E-state index contributed by atoms with van der Waals surface area (Å²) in [7, 11) is 0. The van der Waals surface area contributed by atoms with E-state index in [1.807, 2.05) is 10.6 Å². The van der Waals surface area contributed by atoms with Gasteiger partial charge in [0.25, 0.3) is 11.5 Å². The van der Waals surface area contributed by atoms with E-state index in [0.29, 0.717) is 18.7 Å². The average Bonchev–Trinajstić information content (AvgIpc) is 3.02. The maximum atomic E-state index is 12.8. The summed E-state index contributed by atoms with van der Waals surface area (Å²) in [6, 6.07) is 1.87. The van der Waals surface area contributed by atoms with Crippen molar-refractivity contribution < 1.29 is 4.79 Å². The van der Waals surface area contributed by atoms with Gasteiger partial charge in [-0.1, -0.05) is 13.3 Å². The minimum absolute atomic E-state index is 0.0855. The number of amides is 1. The highest BCUT2D eigenvalue weighted by atomic mass is 16.2. The molecule has 120 valence electrons. The second-order valence-corrected chi connectivity index (χ2v) is 6.24. The Labute approximate surface area is 131 Å². The number of pyridine rings is 1. The summed E-state index contributed by atoms with van der Waals surface area (Å²) in [5.41, 5.74) is 2.65. The van der Waals surface area contributed by atoms with E-state index >= 15 is 0 Å². The van der Waals surface area contributed by atoms with Crippen LogP contribution >= 0.6 is 0 Å². The number of carbonyl (C=O) groups excluding carboxylic acids is 1. The molecule has 0 radical (unpaired) electrons. The Hall–Kier alpha value is -1.62.